The van der Waals surface area contributed by atoms with Crippen LogP contribution in [-0.4, -0.2) is 44.9 Å². The van der Waals surface area contributed by atoms with Crippen molar-refractivity contribution in [1.82, 2.24) is 5.32 Å². The molecule has 0 heterocycles. The van der Waals surface area contributed by atoms with Gasteiger partial charge in [0.15, 0.2) is 16.4 Å². The zero-order valence-electron chi connectivity index (χ0n) is 10.8. The number of nitrogens with one attached hydrogen (secondary N) is 1. The van der Waals surface area contributed by atoms with Crippen LogP contribution in [0.5, 0.6) is 5.75 Å². The van der Waals surface area contributed by atoms with E-state index in [1.54, 1.807) is 24.3 Å². The van der Waals surface area contributed by atoms with E-state index in [1.807, 2.05) is 0 Å². The monoisotopic (exact) mass is 320 g/mol. The van der Waals surface area contributed by atoms with Gasteiger partial charge in [-0.15, -0.1) is 11.6 Å². The van der Waals surface area contributed by atoms with Crippen LogP contribution in [0.4, 0.5) is 5.69 Å². The third kappa shape index (κ3) is 6.63. The van der Waals surface area contributed by atoms with Gasteiger partial charge in [-0.1, -0.05) is 0 Å². The van der Waals surface area contributed by atoms with E-state index in [0.717, 1.165) is 0 Å². The van der Waals surface area contributed by atoms with Crippen LogP contribution in [0.25, 0.3) is 0 Å². The smallest absolute Gasteiger partial charge is 0.257 e. The SMILES string of the molecule is Nc1ccc(OCC(=O)NCCS(=O)(=O)CCCl)cc1. The van der Waals surface area contributed by atoms with Crippen LogP contribution in [0.15, 0.2) is 24.3 Å². The first kappa shape index (κ1) is 16.6. The van der Waals surface area contributed by atoms with Crippen LogP contribution in [0.1, 0.15) is 0 Å². The summed E-state index contributed by atoms with van der Waals surface area (Å²) in [5.41, 5.74) is 6.12. The molecule has 1 rings (SSSR count). The summed E-state index contributed by atoms with van der Waals surface area (Å²) in [6.45, 7) is -0.136. The summed E-state index contributed by atoms with van der Waals surface area (Å²) in [5.74, 6) is -0.0389. The van der Waals surface area contributed by atoms with Crippen molar-refractivity contribution < 1.29 is 17.9 Å². The average Bonchev–Trinajstić information content (AvgIpc) is 2.37. The second-order valence-electron chi connectivity index (χ2n) is 4.05. The van der Waals surface area contributed by atoms with E-state index in [9.17, 15) is 13.2 Å². The topological polar surface area (TPSA) is 98.5 Å². The maximum atomic E-state index is 11.4. The number of benzene rings is 1. The number of sulfone groups is 1. The quantitative estimate of drug-likeness (QED) is 0.534. The van der Waals surface area contributed by atoms with Gasteiger partial charge in [0.1, 0.15) is 5.75 Å². The Balaban J connectivity index is 2.25. The number of hydrogen-bond donors (Lipinski definition) is 2. The molecule has 3 N–H and O–H groups in total. The van der Waals surface area contributed by atoms with E-state index in [2.05, 4.69) is 5.32 Å². The third-order valence-corrected chi connectivity index (χ3v) is 4.44. The molecule has 0 atom stereocenters. The van der Waals surface area contributed by atoms with Gasteiger partial charge >= 0.3 is 0 Å². The Bertz CT molecular complexity index is 531. The summed E-state index contributed by atoms with van der Waals surface area (Å²) in [6.07, 6.45) is 0. The Kier molecular flexibility index (Phi) is 6.60. The van der Waals surface area contributed by atoms with Gasteiger partial charge < -0.3 is 15.8 Å². The number of carbonyl (C=O) groups excluding carboxylic acids is 1. The normalized spacial score (nSPS) is 11.1. The lowest BCUT2D eigenvalue weighted by atomic mass is 10.3. The van der Waals surface area contributed by atoms with Crippen LogP contribution < -0.4 is 15.8 Å². The number of carbonyl (C=O) groups is 1. The minimum atomic E-state index is -3.20. The van der Waals surface area contributed by atoms with E-state index >= 15 is 0 Å². The van der Waals surface area contributed by atoms with Gasteiger partial charge in [0, 0.05) is 18.1 Å². The number of halogens is 1. The number of nitrogens with two attached hydrogens (primary N) is 1. The fraction of sp³-hybridized carbons (Fsp3) is 0.417. The van der Waals surface area contributed by atoms with Crippen LogP contribution in [0.3, 0.4) is 0 Å². The number of anilines is 1. The molecule has 0 saturated carbocycles. The maximum Gasteiger partial charge on any atom is 0.257 e. The van der Waals surface area contributed by atoms with Crippen LogP contribution in [-0.2, 0) is 14.6 Å². The predicted molar refractivity (Wildman–Crippen MR) is 78.7 cm³/mol. The van der Waals surface area contributed by atoms with E-state index in [-0.39, 0.29) is 36.4 Å². The lowest BCUT2D eigenvalue weighted by Crippen LogP contribution is -2.33. The van der Waals surface area contributed by atoms with Crippen molar-refractivity contribution in [1.29, 1.82) is 0 Å². The number of alkyl halides is 1. The molecule has 6 nitrogen and oxygen atoms in total. The van der Waals surface area contributed by atoms with Crippen LogP contribution in [0, 0.1) is 0 Å². The molecule has 0 fully saturated rings. The molecule has 0 unspecified atom stereocenters. The van der Waals surface area contributed by atoms with Gasteiger partial charge in [-0.2, -0.15) is 0 Å². The van der Waals surface area contributed by atoms with Crippen LogP contribution in [0.2, 0.25) is 0 Å². The highest BCUT2D eigenvalue weighted by Crippen LogP contribution is 2.12. The Hall–Kier alpha value is -1.47. The minimum Gasteiger partial charge on any atom is -0.484 e. The Morgan fingerprint density at radius 2 is 1.90 bits per heavy atom. The van der Waals surface area contributed by atoms with Crippen molar-refractivity contribution in [2.24, 2.45) is 0 Å². The molecule has 1 aromatic rings. The number of ether oxygens (including phenoxy) is 1. The fourth-order valence-electron chi connectivity index (χ4n) is 1.33. The molecule has 0 saturated heterocycles. The van der Waals surface area contributed by atoms with E-state index in [1.165, 1.54) is 0 Å². The van der Waals surface area contributed by atoms with Crippen molar-refractivity contribution in [2.45, 2.75) is 0 Å². The molecule has 0 bridgehead atoms. The molecule has 0 aliphatic heterocycles. The average molecular weight is 321 g/mol. The zero-order chi connectivity index (χ0) is 15.0. The second-order valence-corrected chi connectivity index (χ2v) is 6.73. The van der Waals surface area contributed by atoms with Crippen molar-refractivity contribution in [3.63, 3.8) is 0 Å². The van der Waals surface area contributed by atoms with Gasteiger partial charge in [-0.3, -0.25) is 4.79 Å². The highest BCUT2D eigenvalue weighted by molar-refractivity contribution is 7.91. The van der Waals surface area contributed by atoms with Crippen molar-refractivity contribution in [3.05, 3.63) is 24.3 Å². The molecule has 0 radical (unpaired) electrons. The molecule has 8 heteroatoms. The van der Waals surface area contributed by atoms with E-state index in [4.69, 9.17) is 22.1 Å². The van der Waals surface area contributed by atoms with Crippen molar-refractivity contribution in [3.8, 4) is 5.75 Å². The first-order valence-electron chi connectivity index (χ1n) is 5.94. The third-order valence-electron chi connectivity index (χ3n) is 2.37. The molecule has 1 aromatic carbocycles. The van der Waals surface area contributed by atoms with Crippen molar-refractivity contribution >= 4 is 33.0 Å². The van der Waals surface area contributed by atoms with Gasteiger partial charge in [0.2, 0.25) is 0 Å². The maximum absolute atomic E-state index is 11.4. The molecule has 112 valence electrons. The molecule has 20 heavy (non-hydrogen) atoms. The highest BCUT2D eigenvalue weighted by Gasteiger charge is 2.10. The summed E-state index contributed by atoms with van der Waals surface area (Å²) in [6, 6.07) is 6.61. The first-order valence-corrected chi connectivity index (χ1v) is 8.30. The molecule has 0 spiro atoms. The number of nitrogen functional groups attached to an aromatic ring is 1. The summed E-state index contributed by atoms with van der Waals surface area (Å²) < 4.78 is 27.9. The van der Waals surface area contributed by atoms with E-state index in [0.29, 0.717) is 11.4 Å². The summed E-state index contributed by atoms with van der Waals surface area (Å²) in [5, 5.41) is 2.47. The molecule has 0 aliphatic rings. The standard InChI is InChI=1S/C12H17ClN2O4S/c13-5-7-20(17,18)8-6-15-12(16)9-19-11-3-1-10(14)2-4-11/h1-4H,5-9,14H2,(H,15,16). The number of amides is 1. The fourth-order valence-corrected chi connectivity index (χ4v) is 2.89. The molecule has 1 amide bonds. The highest BCUT2D eigenvalue weighted by atomic mass is 35.5. The summed E-state index contributed by atoms with van der Waals surface area (Å²) >= 11 is 5.36. The lowest BCUT2D eigenvalue weighted by Gasteiger charge is -2.07. The second kappa shape index (κ2) is 7.96. The van der Waals surface area contributed by atoms with Gasteiger partial charge in [0.05, 0.1) is 11.5 Å². The largest absolute Gasteiger partial charge is 0.484 e. The molecular formula is C12H17ClN2O4S. The lowest BCUT2D eigenvalue weighted by molar-refractivity contribution is -0.122. The minimum absolute atomic E-state index is 0.0448. The predicted octanol–water partition coefficient (Wildman–Crippen LogP) is 0.417. The van der Waals surface area contributed by atoms with Gasteiger partial charge in [-0.25, -0.2) is 8.42 Å². The van der Waals surface area contributed by atoms with Crippen LogP contribution >= 0.6 is 11.6 Å². The zero-order valence-corrected chi connectivity index (χ0v) is 12.4. The molecular weight excluding hydrogens is 304 g/mol. The Labute approximate surface area is 123 Å². The summed E-state index contributed by atoms with van der Waals surface area (Å²) in [4.78, 5) is 11.4. The van der Waals surface area contributed by atoms with E-state index < -0.39 is 9.84 Å². The van der Waals surface area contributed by atoms with Gasteiger partial charge in [0.25, 0.3) is 5.91 Å². The van der Waals surface area contributed by atoms with Crippen molar-refractivity contribution in [2.75, 3.05) is 36.3 Å². The van der Waals surface area contributed by atoms with Gasteiger partial charge in [-0.05, 0) is 24.3 Å². The Morgan fingerprint density at radius 1 is 1.25 bits per heavy atom. The number of hydrogen-bond acceptors (Lipinski definition) is 5. The first-order chi connectivity index (χ1) is 9.43. The Morgan fingerprint density at radius 3 is 2.50 bits per heavy atom. The summed E-state index contributed by atoms with van der Waals surface area (Å²) in [7, 11) is -3.20. The molecule has 0 aliphatic carbocycles. The number of rotatable bonds is 8. The molecule has 0 aromatic heterocycles.